The first kappa shape index (κ1) is 12.8. The summed E-state index contributed by atoms with van der Waals surface area (Å²) in [6, 6.07) is 0. The van der Waals surface area contributed by atoms with Gasteiger partial charge in [-0.05, 0) is 12.3 Å². The molecule has 0 atom stereocenters. The van der Waals surface area contributed by atoms with Gasteiger partial charge in [0.1, 0.15) is 6.61 Å². The number of rotatable bonds is 7. The van der Waals surface area contributed by atoms with Crippen LogP contribution in [0.3, 0.4) is 0 Å². The highest BCUT2D eigenvalue weighted by atomic mass is 32.1. The van der Waals surface area contributed by atoms with Crippen molar-refractivity contribution in [1.29, 1.82) is 0 Å². The third-order valence-electron chi connectivity index (χ3n) is 1.77. The highest BCUT2D eigenvalue weighted by Gasteiger charge is 2.02. The topological polar surface area (TPSA) is 26.3 Å². The quantitative estimate of drug-likeness (QED) is 0.392. The van der Waals surface area contributed by atoms with Gasteiger partial charge in [-0.25, -0.2) is 0 Å². The molecule has 78 valence electrons. The van der Waals surface area contributed by atoms with E-state index in [2.05, 4.69) is 26.5 Å². The molecule has 0 rings (SSSR count). The van der Waals surface area contributed by atoms with Crippen molar-refractivity contribution in [3.05, 3.63) is 0 Å². The molecule has 0 saturated heterocycles. The van der Waals surface area contributed by atoms with Gasteiger partial charge in [-0.1, -0.05) is 26.7 Å². The molecule has 13 heavy (non-hydrogen) atoms. The van der Waals surface area contributed by atoms with E-state index in [0.29, 0.717) is 18.8 Å². The summed E-state index contributed by atoms with van der Waals surface area (Å²) in [5.74, 6) is 1.25. The molecule has 0 saturated carbocycles. The summed E-state index contributed by atoms with van der Waals surface area (Å²) in [5, 5.41) is 0. The maximum absolute atomic E-state index is 11.0. The van der Waals surface area contributed by atoms with Gasteiger partial charge in [-0.3, -0.25) is 4.79 Å². The van der Waals surface area contributed by atoms with Crippen LogP contribution >= 0.6 is 12.6 Å². The second kappa shape index (κ2) is 8.42. The standard InChI is InChI=1S/C10H20O2S/c1-9(2)5-3-4-6-10(11)12-7-8-13/h9,13H,3-8H2,1-2H3. The van der Waals surface area contributed by atoms with Crippen molar-refractivity contribution < 1.29 is 9.53 Å². The monoisotopic (exact) mass is 204 g/mol. The fraction of sp³-hybridized carbons (Fsp3) is 0.900. The van der Waals surface area contributed by atoms with Crippen molar-refractivity contribution >= 4 is 18.6 Å². The summed E-state index contributed by atoms with van der Waals surface area (Å²) in [6.45, 7) is 4.82. The Morgan fingerprint density at radius 3 is 2.62 bits per heavy atom. The fourth-order valence-electron chi connectivity index (χ4n) is 1.05. The van der Waals surface area contributed by atoms with Crippen LogP contribution in [0.25, 0.3) is 0 Å². The lowest BCUT2D eigenvalue weighted by Crippen LogP contribution is -2.06. The number of esters is 1. The molecule has 0 heterocycles. The molecule has 0 fully saturated rings. The van der Waals surface area contributed by atoms with E-state index in [1.54, 1.807) is 0 Å². The molecule has 0 aromatic heterocycles. The second-order valence-corrected chi connectivity index (χ2v) is 4.03. The molecule has 0 amide bonds. The van der Waals surface area contributed by atoms with Crippen LogP contribution in [0.15, 0.2) is 0 Å². The minimum atomic E-state index is -0.0854. The second-order valence-electron chi connectivity index (χ2n) is 3.58. The third-order valence-corrected chi connectivity index (χ3v) is 1.95. The summed E-state index contributed by atoms with van der Waals surface area (Å²) in [7, 11) is 0. The van der Waals surface area contributed by atoms with Gasteiger partial charge in [0.2, 0.25) is 0 Å². The van der Waals surface area contributed by atoms with Crippen LogP contribution in [0.1, 0.15) is 39.5 Å². The minimum absolute atomic E-state index is 0.0854. The summed E-state index contributed by atoms with van der Waals surface area (Å²) < 4.78 is 4.88. The smallest absolute Gasteiger partial charge is 0.305 e. The normalized spacial score (nSPS) is 10.5. The van der Waals surface area contributed by atoms with Crippen molar-refractivity contribution in [2.45, 2.75) is 39.5 Å². The van der Waals surface area contributed by atoms with E-state index in [-0.39, 0.29) is 5.97 Å². The molecule has 2 nitrogen and oxygen atoms in total. The first-order chi connectivity index (χ1) is 6.16. The van der Waals surface area contributed by atoms with Gasteiger partial charge < -0.3 is 4.74 Å². The number of hydrogen-bond donors (Lipinski definition) is 1. The molecule has 0 aromatic carbocycles. The van der Waals surface area contributed by atoms with E-state index in [1.807, 2.05) is 0 Å². The van der Waals surface area contributed by atoms with Gasteiger partial charge in [0.05, 0.1) is 0 Å². The summed E-state index contributed by atoms with van der Waals surface area (Å²) in [6.07, 6.45) is 3.82. The van der Waals surface area contributed by atoms with Crippen molar-refractivity contribution in [2.24, 2.45) is 5.92 Å². The van der Waals surface area contributed by atoms with Gasteiger partial charge >= 0.3 is 5.97 Å². The van der Waals surface area contributed by atoms with Crippen molar-refractivity contribution in [3.8, 4) is 0 Å². The van der Waals surface area contributed by atoms with Gasteiger partial charge in [0.25, 0.3) is 0 Å². The van der Waals surface area contributed by atoms with E-state index < -0.39 is 0 Å². The molecule has 0 aliphatic rings. The Kier molecular flexibility index (Phi) is 8.30. The number of thiol groups is 1. The Morgan fingerprint density at radius 1 is 1.38 bits per heavy atom. The van der Waals surface area contributed by atoms with Crippen molar-refractivity contribution in [1.82, 2.24) is 0 Å². The molecular weight excluding hydrogens is 184 g/mol. The van der Waals surface area contributed by atoms with Crippen molar-refractivity contribution in [3.63, 3.8) is 0 Å². The van der Waals surface area contributed by atoms with Crippen LogP contribution in [0.4, 0.5) is 0 Å². The zero-order chi connectivity index (χ0) is 10.1. The predicted octanol–water partition coefficient (Wildman–Crippen LogP) is 2.68. The molecule has 0 unspecified atom stereocenters. The van der Waals surface area contributed by atoms with Crippen LogP contribution in [0.5, 0.6) is 0 Å². The lowest BCUT2D eigenvalue weighted by molar-refractivity contribution is -0.143. The van der Waals surface area contributed by atoms with E-state index in [0.717, 1.165) is 18.8 Å². The molecule has 0 aliphatic carbocycles. The highest BCUT2D eigenvalue weighted by molar-refractivity contribution is 7.80. The highest BCUT2D eigenvalue weighted by Crippen LogP contribution is 2.08. The molecular formula is C10H20O2S. The van der Waals surface area contributed by atoms with Crippen LogP contribution in [-0.4, -0.2) is 18.3 Å². The third kappa shape index (κ3) is 9.74. The van der Waals surface area contributed by atoms with Crippen molar-refractivity contribution in [2.75, 3.05) is 12.4 Å². The molecule has 0 radical (unpaired) electrons. The number of unbranched alkanes of at least 4 members (excludes halogenated alkanes) is 1. The Balaban J connectivity index is 3.17. The van der Waals surface area contributed by atoms with Crippen LogP contribution < -0.4 is 0 Å². The molecule has 0 spiro atoms. The summed E-state index contributed by atoms with van der Waals surface area (Å²) >= 11 is 3.95. The van der Waals surface area contributed by atoms with Crippen LogP contribution in [0, 0.1) is 5.92 Å². The van der Waals surface area contributed by atoms with E-state index in [4.69, 9.17) is 4.74 Å². The summed E-state index contributed by atoms with van der Waals surface area (Å²) in [4.78, 5) is 11.0. The fourth-order valence-corrected chi connectivity index (χ4v) is 1.14. The first-order valence-corrected chi connectivity index (χ1v) is 5.56. The lowest BCUT2D eigenvalue weighted by atomic mass is 10.1. The zero-order valence-electron chi connectivity index (χ0n) is 8.58. The predicted molar refractivity (Wildman–Crippen MR) is 58.1 cm³/mol. The SMILES string of the molecule is CC(C)CCCCC(=O)OCCS. The lowest BCUT2D eigenvalue weighted by Gasteiger charge is -2.04. The average Bonchev–Trinajstić information content (AvgIpc) is 2.08. The molecule has 0 aliphatic heterocycles. The Morgan fingerprint density at radius 2 is 2.08 bits per heavy atom. The number of ether oxygens (including phenoxy) is 1. The average molecular weight is 204 g/mol. The Bertz CT molecular complexity index is 135. The summed E-state index contributed by atoms with van der Waals surface area (Å²) in [5.41, 5.74) is 0. The molecule has 0 N–H and O–H groups in total. The van der Waals surface area contributed by atoms with Gasteiger partial charge in [0, 0.05) is 12.2 Å². The Labute approximate surface area is 86.5 Å². The van der Waals surface area contributed by atoms with Crippen LogP contribution in [-0.2, 0) is 9.53 Å². The minimum Gasteiger partial charge on any atom is -0.465 e. The van der Waals surface area contributed by atoms with E-state index in [1.165, 1.54) is 6.42 Å². The Hall–Kier alpha value is -0.180. The van der Waals surface area contributed by atoms with Gasteiger partial charge in [-0.2, -0.15) is 12.6 Å². The van der Waals surface area contributed by atoms with Crippen LogP contribution in [0.2, 0.25) is 0 Å². The maximum atomic E-state index is 11.0. The molecule has 3 heteroatoms. The van der Waals surface area contributed by atoms with E-state index >= 15 is 0 Å². The van der Waals surface area contributed by atoms with Gasteiger partial charge in [0.15, 0.2) is 0 Å². The maximum Gasteiger partial charge on any atom is 0.305 e. The number of carbonyl (C=O) groups excluding carboxylic acids is 1. The largest absolute Gasteiger partial charge is 0.465 e. The van der Waals surface area contributed by atoms with E-state index in [9.17, 15) is 4.79 Å². The number of carbonyl (C=O) groups is 1. The van der Waals surface area contributed by atoms with Gasteiger partial charge in [-0.15, -0.1) is 0 Å². The molecule has 0 bridgehead atoms. The zero-order valence-corrected chi connectivity index (χ0v) is 9.48. The number of hydrogen-bond acceptors (Lipinski definition) is 3. The molecule has 0 aromatic rings. The first-order valence-electron chi connectivity index (χ1n) is 4.93.